The second-order valence-electron chi connectivity index (χ2n) is 2.78. The Kier molecular flexibility index (Phi) is 3.34. The van der Waals surface area contributed by atoms with Gasteiger partial charge in [0, 0.05) is 12.6 Å². The summed E-state index contributed by atoms with van der Waals surface area (Å²) in [5, 5.41) is 11.8. The van der Waals surface area contributed by atoms with Crippen molar-refractivity contribution in [2.75, 3.05) is 13.2 Å². The summed E-state index contributed by atoms with van der Waals surface area (Å²) in [4.78, 5) is 0. The monoisotopic (exact) mass is 154 g/mol. The van der Waals surface area contributed by atoms with Gasteiger partial charge in [-0.25, -0.2) is 0 Å². The lowest BCUT2D eigenvalue weighted by atomic mass is 10.3. The van der Waals surface area contributed by atoms with E-state index in [9.17, 15) is 0 Å². The van der Waals surface area contributed by atoms with Crippen LogP contribution in [0.4, 0.5) is 0 Å². The van der Waals surface area contributed by atoms with Crippen LogP contribution in [0.15, 0.2) is 0 Å². The molecule has 0 aromatic rings. The number of rotatable bonds is 5. The van der Waals surface area contributed by atoms with Crippen molar-refractivity contribution in [3.63, 3.8) is 0 Å². The van der Waals surface area contributed by atoms with Crippen molar-refractivity contribution in [2.45, 2.75) is 31.8 Å². The lowest BCUT2D eigenvalue weighted by Gasteiger charge is -2.09. The Hall–Kier alpha value is -0.590. The fourth-order valence-corrected chi connectivity index (χ4v) is 0.893. The molecule has 0 heterocycles. The number of hydrogen-bond acceptors (Lipinski definition) is 3. The molecule has 0 aromatic heterocycles. The van der Waals surface area contributed by atoms with Crippen LogP contribution in [-0.4, -0.2) is 25.3 Å². The number of hydrogen-bond donors (Lipinski definition) is 1. The summed E-state index contributed by atoms with van der Waals surface area (Å²) in [6.07, 6.45) is 2.43. The van der Waals surface area contributed by atoms with Crippen molar-refractivity contribution in [2.24, 2.45) is 0 Å². The maximum absolute atomic E-state index is 8.64. The van der Waals surface area contributed by atoms with Gasteiger partial charge in [-0.05, 0) is 19.8 Å². The minimum Gasteiger partial charge on any atom is -0.379 e. The standard InChI is InChI=1S/C8H14N2O/c1-2-11-6-8(5-9)10-7-3-4-7/h7-8,10H,2-4,6H2,1H3. The van der Waals surface area contributed by atoms with Crippen LogP contribution in [-0.2, 0) is 4.74 Å². The highest BCUT2D eigenvalue weighted by Crippen LogP contribution is 2.19. The predicted molar refractivity (Wildman–Crippen MR) is 42.1 cm³/mol. The van der Waals surface area contributed by atoms with Crippen LogP contribution < -0.4 is 5.32 Å². The molecule has 0 aromatic carbocycles. The topological polar surface area (TPSA) is 45.0 Å². The summed E-state index contributed by atoms with van der Waals surface area (Å²) in [5.41, 5.74) is 0. The molecule has 1 N–H and O–H groups in total. The van der Waals surface area contributed by atoms with E-state index in [4.69, 9.17) is 10.00 Å². The van der Waals surface area contributed by atoms with Gasteiger partial charge >= 0.3 is 0 Å². The smallest absolute Gasteiger partial charge is 0.119 e. The van der Waals surface area contributed by atoms with E-state index in [0.29, 0.717) is 19.3 Å². The predicted octanol–water partition coefficient (Wildman–Crippen LogP) is 0.667. The normalized spacial score (nSPS) is 19.3. The molecule has 1 unspecified atom stereocenters. The first-order valence-electron chi connectivity index (χ1n) is 4.10. The largest absolute Gasteiger partial charge is 0.379 e. The van der Waals surface area contributed by atoms with Crippen LogP contribution in [0, 0.1) is 11.3 Å². The number of nitrogens with zero attached hydrogens (tertiary/aromatic N) is 1. The van der Waals surface area contributed by atoms with Crippen molar-refractivity contribution in [1.82, 2.24) is 5.32 Å². The lowest BCUT2D eigenvalue weighted by molar-refractivity contribution is 0.135. The SMILES string of the molecule is CCOCC(C#N)NC1CC1. The molecule has 0 saturated heterocycles. The zero-order chi connectivity index (χ0) is 8.10. The number of ether oxygens (including phenoxy) is 1. The maximum Gasteiger partial charge on any atom is 0.119 e. The molecule has 0 bridgehead atoms. The van der Waals surface area contributed by atoms with Crippen molar-refractivity contribution in [3.05, 3.63) is 0 Å². The molecule has 62 valence electrons. The van der Waals surface area contributed by atoms with Crippen molar-refractivity contribution < 1.29 is 4.74 Å². The number of nitrogens with one attached hydrogen (secondary N) is 1. The molecule has 0 amide bonds. The fourth-order valence-electron chi connectivity index (χ4n) is 0.893. The summed E-state index contributed by atoms with van der Waals surface area (Å²) in [6.45, 7) is 3.14. The highest BCUT2D eigenvalue weighted by Gasteiger charge is 2.24. The Bertz CT molecular complexity index is 149. The summed E-state index contributed by atoms with van der Waals surface area (Å²) in [6, 6.07) is 2.65. The Morgan fingerprint density at radius 3 is 2.91 bits per heavy atom. The Balaban J connectivity index is 2.09. The van der Waals surface area contributed by atoms with E-state index in [1.807, 2.05) is 6.92 Å². The molecule has 0 aliphatic heterocycles. The molecule has 1 aliphatic rings. The molecular weight excluding hydrogens is 140 g/mol. The summed E-state index contributed by atoms with van der Waals surface area (Å²) in [5.74, 6) is 0. The maximum atomic E-state index is 8.64. The number of nitriles is 1. The second kappa shape index (κ2) is 4.32. The first-order valence-corrected chi connectivity index (χ1v) is 4.10. The van der Waals surface area contributed by atoms with Gasteiger partial charge in [0.2, 0.25) is 0 Å². The van der Waals surface area contributed by atoms with Crippen molar-refractivity contribution in [3.8, 4) is 6.07 Å². The summed E-state index contributed by atoms with van der Waals surface area (Å²) in [7, 11) is 0. The van der Waals surface area contributed by atoms with Gasteiger partial charge in [0.15, 0.2) is 0 Å². The van der Waals surface area contributed by atoms with Gasteiger partial charge < -0.3 is 4.74 Å². The molecule has 11 heavy (non-hydrogen) atoms. The molecule has 1 saturated carbocycles. The van der Waals surface area contributed by atoms with Gasteiger partial charge in [0.25, 0.3) is 0 Å². The molecule has 1 atom stereocenters. The molecular formula is C8H14N2O. The Morgan fingerprint density at radius 2 is 2.45 bits per heavy atom. The highest BCUT2D eigenvalue weighted by atomic mass is 16.5. The lowest BCUT2D eigenvalue weighted by Crippen LogP contribution is -2.33. The van der Waals surface area contributed by atoms with E-state index in [1.165, 1.54) is 12.8 Å². The second-order valence-corrected chi connectivity index (χ2v) is 2.78. The molecule has 3 nitrogen and oxygen atoms in total. The van der Waals surface area contributed by atoms with Crippen LogP contribution in [0.1, 0.15) is 19.8 Å². The van der Waals surface area contributed by atoms with E-state index in [2.05, 4.69) is 11.4 Å². The third kappa shape index (κ3) is 3.35. The van der Waals surface area contributed by atoms with E-state index in [1.54, 1.807) is 0 Å². The molecule has 1 fully saturated rings. The summed E-state index contributed by atoms with van der Waals surface area (Å²) >= 11 is 0. The van der Waals surface area contributed by atoms with E-state index in [-0.39, 0.29) is 6.04 Å². The van der Waals surface area contributed by atoms with Gasteiger partial charge in [-0.15, -0.1) is 0 Å². The van der Waals surface area contributed by atoms with Crippen molar-refractivity contribution >= 4 is 0 Å². The molecule has 0 spiro atoms. The fraction of sp³-hybridized carbons (Fsp3) is 0.875. The zero-order valence-corrected chi connectivity index (χ0v) is 6.84. The van der Waals surface area contributed by atoms with Crippen LogP contribution in [0.5, 0.6) is 0 Å². The van der Waals surface area contributed by atoms with Crippen LogP contribution in [0.2, 0.25) is 0 Å². The highest BCUT2D eigenvalue weighted by molar-refractivity contribution is 4.95. The van der Waals surface area contributed by atoms with Gasteiger partial charge in [-0.2, -0.15) is 5.26 Å². The third-order valence-corrected chi connectivity index (χ3v) is 1.66. The van der Waals surface area contributed by atoms with Gasteiger partial charge in [0.1, 0.15) is 6.04 Å². The van der Waals surface area contributed by atoms with Gasteiger partial charge in [-0.1, -0.05) is 0 Å². The van der Waals surface area contributed by atoms with Crippen LogP contribution in [0.25, 0.3) is 0 Å². The minimum atomic E-state index is -0.109. The van der Waals surface area contributed by atoms with E-state index in [0.717, 1.165) is 0 Å². The van der Waals surface area contributed by atoms with Crippen molar-refractivity contribution in [1.29, 1.82) is 5.26 Å². The van der Waals surface area contributed by atoms with E-state index < -0.39 is 0 Å². The zero-order valence-electron chi connectivity index (χ0n) is 6.84. The van der Waals surface area contributed by atoms with Gasteiger partial charge in [0.05, 0.1) is 12.7 Å². The molecule has 3 heteroatoms. The quantitative estimate of drug-likeness (QED) is 0.633. The van der Waals surface area contributed by atoms with E-state index >= 15 is 0 Å². The van der Waals surface area contributed by atoms with Crippen LogP contribution in [0.3, 0.4) is 0 Å². The third-order valence-electron chi connectivity index (χ3n) is 1.66. The molecule has 1 aliphatic carbocycles. The van der Waals surface area contributed by atoms with Crippen LogP contribution >= 0.6 is 0 Å². The first-order chi connectivity index (χ1) is 5.36. The minimum absolute atomic E-state index is 0.109. The average molecular weight is 154 g/mol. The Labute approximate surface area is 67.3 Å². The van der Waals surface area contributed by atoms with Gasteiger partial charge in [-0.3, -0.25) is 5.32 Å². The average Bonchev–Trinajstić information content (AvgIpc) is 2.81. The summed E-state index contributed by atoms with van der Waals surface area (Å²) < 4.78 is 5.13. The Morgan fingerprint density at radius 1 is 1.73 bits per heavy atom. The first kappa shape index (κ1) is 8.51. The molecule has 1 rings (SSSR count). The molecule has 0 radical (unpaired) electrons.